The molecule has 0 aromatic carbocycles. The number of nitrogens with zero attached hydrogens (tertiary/aromatic N) is 2. The molecular formula is C17H20N4O2. The van der Waals surface area contributed by atoms with Crippen LogP contribution in [0.4, 0.5) is 0 Å². The Labute approximate surface area is 135 Å². The zero-order valence-electron chi connectivity index (χ0n) is 13.1. The van der Waals surface area contributed by atoms with Gasteiger partial charge in [0.2, 0.25) is 0 Å². The molecule has 2 aromatic rings. The van der Waals surface area contributed by atoms with E-state index < -0.39 is 0 Å². The van der Waals surface area contributed by atoms with Crippen molar-refractivity contribution >= 4 is 11.8 Å². The average molecular weight is 312 g/mol. The number of hydrogen-bond donors (Lipinski definition) is 2. The molecule has 6 heteroatoms. The molecule has 2 amide bonds. The third-order valence-electron chi connectivity index (χ3n) is 3.28. The summed E-state index contributed by atoms with van der Waals surface area (Å²) in [5, 5.41) is 5.60. The Kier molecular flexibility index (Phi) is 6.23. The van der Waals surface area contributed by atoms with E-state index in [9.17, 15) is 9.59 Å². The van der Waals surface area contributed by atoms with Gasteiger partial charge in [0, 0.05) is 37.9 Å². The molecule has 0 atom stereocenters. The smallest absolute Gasteiger partial charge is 0.253 e. The van der Waals surface area contributed by atoms with Gasteiger partial charge in [-0.3, -0.25) is 19.6 Å². The third kappa shape index (κ3) is 5.18. The number of aromatic nitrogens is 2. The van der Waals surface area contributed by atoms with Gasteiger partial charge in [0.1, 0.15) is 0 Å². The van der Waals surface area contributed by atoms with Crippen molar-refractivity contribution in [3.63, 3.8) is 0 Å². The summed E-state index contributed by atoms with van der Waals surface area (Å²) < 4.78 is 0. The first-order valence-corrected chi connectivity index (χ1v) is 7.61. The van der Waals surface area contributed by atoms with Crippen LogP contribution in [0.1, 0.15) is 46.0 Å². The molecule has 0 aliphatic carbocycles. The number of carbonyl (C=O) groups is 2. The average Bonchev–Trinajstić information content (AvgIpc) is 2.61. The minimum absolute atomic E-state index is 0.213. The highest BCUT2D eigenvalue weighted by atomic mass is 16.2. The second kappa shape index (κ2) is 8.63. The molecule has 2 heterocycles. The third-order valence-corrected chi connectivity index (χ3v) is 3.28. The summed E-state index contributed by atoms with van der Waals surface area (Å²) in [6.07, 6.45) is 8.18. The molecule has 0 fully saturated rings. The maximum Gasteiger partial charge on any atom is 0.253 e. The van der Waals surface area contributed by atoms with Crippen LogP contribution in [0, 0.1) is 0 Å². The van der Waals surface area contributed by atoms with Gasteiger partial charge in [-0.15, -0.1) is 0 Å². The second-order valence-corrected chi connectivity index (χ2v) is 5.11. The Balaban J connectivity index is 1.95. The number of rotatable bonds is 7. The quantitative estimate of drug-likeness (QED) is 0.765. The maximum absolute atomic E-state index is 12.2. The molecular weight excluding hydrogens is 292 g/mol. The van der Waals surface area contributed by atoms with E-state index in [-0.39, 0.29) is 11.8 Å². The number of unbranched alkanes of at least 4 members (excludes halogenated alkanes) is 1. The van der Waals surface area contributed by atoms with Crippen LogP contribution in [-0.2, 0) is 6.54 Å². The lowest BCUT2D eigenvalue weighted by Crippen LogP contribution is -2.26. The predicted octanol–water partition coefficient (Wildman–Crippen LogP) is 1.94. The minimum atomic E-state index is -0.266. The molecule has 2 rings (SSSR count). The molecule has 0 aliphatic rings. The summed E-state index contributed by atoms with van der Waals surface area (Å²) in [5.41, 5.74) is 1.70. The zero-order chi connectivity index (χ0) is 16.5. The first-order valence-electron chi connectivity index (χ1n) is 7.61. The number of hydrogen-bond acceptors (Lipinski definition) is 4. The van der Waals surface area contributed by atoms with Gasteiger partial charge in [-0.2, -0.15) is 0 Å². The van der Waals surface area contributed by atoms with Gasteiger partial charge in [0.05, 0.1) is 11.1 Å². The maximum atomic E-state index is 12.2. The van der Waals surface area contributed by atoms with E-state index in [1.807, 2.05) is 12.1 Å². The Morgan fingerprint density at radius 2 is 1.65 bits per heavy atom. The van der Waals surface area contributed by atoms with Gasteiger partial charge in [-0.05, 0) is 30.2 Å². The molecule has 0 spiro atoms. The summed E-state index contributed by atoms with van der Waals surface area (Å²) in [5.74, 6) is -0.479. The summed E-state index contributed by atoms with van der Waals surface area (Å²) in [6.45, 7) is 3.07. The van der Waals surface area contributed by atoms with Crippen molar-refractivity contribution < 1.29 is 9.59 Å². The highest BCUT2D eigenvalue weighted by Gasteiger charge is 2.11. The molecule has 0 unspecified atom stereocenters. The van der Waals surface area contributed by atoms with E-state index in [0.717, 1.165) is 18.4 Å². The van der Waals surface area contributed by atoms with Crippen molar-refractivity contribution in [2.75, 3.05) is 6.54 Å². The number of pyridine rings is 2. The molecule has 0 aliphatic heterocycles. The van der Waals surface area contributed by atoms with Crippen LogP contribution in [0.3, 0.4) is 0 Å². The normalized spacial score (nSPS) is 10.1. The summed E-state index contributed by atoms with van der Waals surface area (Å²) in [4.78, 5) is 32.0. The largest absolute Gasteiger partial charge is 0.352 e. The predicted molar refractivity (Wildman–Crippen MR) is 86.9 cm³/mol. The minimum Gasteiger partial charge on any atom is -0.352 e. The highest BCUT2D eigenvalue weighted by Crippen LogP contribution is 2.04. The summed E-state index contributed by atoms with van der Waals surface area (Å²) >= 11 is 0. The number of carbonyl (C=O) groups excluding carboxylic acids is 2. The molecule has 120 valence electrons. The van der Waals surface area contributed by atoms with Crippen LogP contribution in [0.25, 0.3) is 0 Å². The van der Waals surface area contributed by atoms with Crippen LogP contribution in [-0.4, -0.2) is 28.3 Å². The Morgan fingerprint density at radius 1 is 1.00 bits per heavy atom. The number of nitrogens with one attached hydrogen (secondary N) is 2. The van der Waals surface area contributed by atoms with Crippen molar-refractivity contribution in [3.8, 4) is 0 Å². The van der Waals surface area contributed by atoms with E-state index in [0.29, 0.717) is 24.2 Å². The lowest BCUT2D eigenvalue weighted by Gasteiger charge is -2.07. The monoisotopic (exact) mass is 312 g/mol. The van der Waals surface area contributed by atoms with Crippen molar-refractivity contribution in [3.05, 3.63) is 59.7 Å². The molecule has 0 saturated carbocycles. The van der Waals surface area contributed by atoms with E-state index in [1.165, 1.54) is 12.4 Å². The molecule has 23 heavy (non-hydrogen) atoms. The first-order chi connectivity index (χ1) is 11.2. The fourth-order valence-electron chi connectivity index (χ4n) is 1.95. The van der Waals surface area contributed by atoms with Crippen LogP contribution in [0.15, 0.2) is 43.0 Å². The van der Waals surface area contributed by atoms with Gasteiger partial charge in [0.15, 0.2) is 0 Å². The molecule has 0 saturated heterocycles. The fourth-order valence-corrected chi connectivity index (χ4v) is 1.95. The van der Waals surface area contributed by atoms with Gasteiger partial charge in [-0.25, -0.2) is 0 Å². The van der Waals surface area contributed by atoms with Gasteiger partial charge < -0.3 is 10.6 Å². The topological polar surface area (TPSA) is 84.0 Å². The van der Waals surface area contributed by atoms with E-state index in [2.05, 4.69) is 27.5 Å². The zero-order valence-corrected chi connectivity index (χ0v) is 13.1. The van der Waals surface area contributed by atoms with Crippen LogP contribution in [0.2, 0.25) is 0 Å². The van der Waals surface area contributed by atoms with Gasteiger partial charge >= 0.3 is 0 Å². The second-order valence-electron chi connectivity index (χ2n) is 5.11. The molecule has 6 nitrogen and oxygen atoms in total. The standard InChI is InChI=1S/C17H20N4O2/c1-2-3-6-20-16(22)14-9-15(12-19-11-14)17(23)21-10-13-4-7-18-8-5-13/h4-5,7-9,11-12H,2-3,6,10H2,1H3,(H,20,22)(H,21,23). The van der Waals surface area contributed by atoms with E-state index >= 15 is 0 Å². The van der Waals surface area contributed by atoms with E-state index in [4.69, 9.17) is 0 Å². The van der Waals surface area contributed by atoms with Crippen LogP contribution in [0.5, 0.6) is 0 Å². The molecule has 2 aromatic heterocycles. The number of amides is 2. The Morgan fingerprint density at radius 3 is 2.30 bits per heavy atom. The SMILES string of the molecule is CCCCNC(=O)c1cncc(C(=O)NCc2ccncc2)c1. The summed E-state index contributed by atoms with van der Waals surface area (Å²) in [6, 6.07) is 5.21. The van der Waals surface area contributed by atoms with Gasteiger partial charge in [-0.1, -0.05) is 13.3 Å². The summed E-state index contributed by atoms with van der Waals surface area (Å²) in [7, 11) is 0. The van der Waals surface area contributed by atoms with Gasteiger partial charge in [0.25, 0.3) is 11.8 Å². The highest BCUT2D eigenvalue weighted by molar-refractivity contribution is 5.99. The molecule has 0 bridgehead atoms. The van der Waals surface area contributed by atoms with Crippen molar-refractivity contribution in [2.45, 2.75) is 26.3 Å². The first kappa shape index (κ1) is 16.6. The molecule has 2 N–H and O–H groups in total. The Hall–Kier alpha value is -2.76. The van der Waals surface area contributed by atoms with Crippen molar-refractivity contribution in [2.24, 2.45) is 0 Å². The van der Waals surface area contributed by atoms with Crippen LogP contribution >= 0.6 is 0 Å². The Bertz CT molecular complexity index is 659. The van der Waals surface area contributed by atoms with Crippen LogP contribution < -0.4 is 10.6 Å². The van der Waals surface area contributed by atoms with Crippen molar-refractivity contribution in [1.29, 1.82) is 0 Å². The van der Waals surface area contributed by atoms with E-state index in [1.54, 1.807) is 18.5 Å². The van der Waals surface area contributed by atoms with Crippen molar-refractivity contribution in [1.82, 2.24) is 20.6 Å². The molecule has 0 radical (unpaired) electrons. The fraction of sp³-hybridized carbons (Fsp3) is 0.294. The lowest BCUT2D eigenvalue weighted by atomic mass is 10.1. The lowest BCUT2D eigenvalue weighted by molar-refractivity contribution is 0.0950.